The van der Waals surface area contributed by atoms with Crippen molar-refractivity contribution in [3.8, 4) is 0 Å². The molecule has 0 aromatic heterocycles. The van der Waals surface area contributed by atoms with Crippen LogP contribution in [0.2, 0.25) is 0 Å². The average molecular weight is 212 g/mol. The summed E-state index contributed by atoms with van der Waals surface area (Å²) in [5.74, 6) is 0.600. The highest BCUT2D eigenvalue weighted by atomic mass is 16.6. The second-order valence-corrected chi connectivity index (χ2v) is 5.52. The maximum absolute atomic E-state index is 11.6. The van der Waals surface area contributed by atoms with Crippen molar-refractivity contribution in [3.05, 3.63) is 0 Å². The molecular weight excluding hydrogens is 192 g/mol. The van der Waals surface area contributed by atoms with Gasteiger partial charge in [0, 0.05) is 12.6 Å². The number of carbonyl (C=O) groups excluding carboxylic acids is 1. The van der Waals surface area contributed by atoms with Crippen molar-refractivity contribution in [2.45, 2.75) is 51.3 Å². The van der Waals surface area contributed by atoms with E-state index >= 15 is 0 Å². The lowest BCUT2D eigenvalue weighted by Crippen LogP contribution is -2.44. The van der Waals surface area contributed by atoms with E-state index in [-0.39, 0.29) is 12.1 Å². The topological polar surface area (TPSA) is 50.4 Å². The van der Waals surface area contributed by atoms with Gasteiger partial charge in [0.2, 0.25) is 0 Å². The second kappa shape index (κ2) is 3.67. The van der Waals surface area contributed by atoms with Crippen molar-refractivity contribution in [2.75, 3.05) is 6.54 Å². The number of nitrogens with one attached hydrogen (secondary N) is 2. The van der Waals surface area contributed by atoms with Crippen molar-refractivity contribution in [1.29, 1.82) is 0 Å². The lowest BCUT2D eigenvalue weighted by molar-refractivity contribution is 0.0497. The fourth-order valence-electron chi connectivity index (χ4n) is 2.50. The fourth-order valence-corrected chi connectivity index (χ4v) is 2.50. The third-order valence-corrected chi connectivity index (χ3v) is 3.12. The standard InChI is InChI=1S/C11H20N2O2/c1-11(2,3)15-10(14)13-9-7-4-5-8(9)12-6-7/h7-9,12H,4-6H2,1-3H3,(H,13,14). The van der Waals surface area contributed by atoms with Gasteiger partial charge in [-0.1, -0.05) is 0 Å². The number of hydrogen-bond donors (Lipinski definition) is 2. The van der Waals surface area contributed by atoms with Crippen LogP contribution in [-0.2, 0) is 4.74 Å². The van der Waals surface area contributed by atoms with Gasteiger partial charge >= 0.3 is 6.09 Å². The summed E-state index contributed by atoms with van der Waals surface area (Å²) in [7, 11) is 0. The Hall–Kier alpha value is -0.770. The molecule has 3 unspecified atom stereocenters. The van der Waals surface area contributed by atoms with Gasteiger partial charge in [0.25, 0.3) is 0 Å². The van der Waals surface area contributed by atoms with Gasteiger partial charge in [0.15, 0.2) is 0 Å². The average Bonchev–Trinajstić information content (AvgIpc) is 2.61. The Bertz CT molecular complexity index is 240. The van der Waals surface area contributed by atoms with E-state index in [1.165, 1.54) is 12.8 Å². The van der Waals surface area contributed by atoms with Gasteiger partial charge in [-0.2, -0.15) is 0 Å². The molecule has 0 radical (unpaired) electrons. The normalized spacial score (nSPS) is 34.2. The van der Waals surface area contributed by atoms with Crippen LogP contribution in [0.25, 0.3) is 0 Å². The molecule has 15 heavy (non-hydrogen) atoms. The summed E-state index contributed by atoms with van der Waals surface area (Å²) in [6.07, 6.45) is 2.11. The maximum Gasteiger partial charge on any atom is 0.407 e. The van der Waals surface area contributed by atoms with E-state index in [0.717, 1.165) is 6.54 Å². The first-order valence-corrected chi connectivity index (χ1v) is 5.68. The summed E-state index contributed by atoms with van der Waals surface area (Å²) >= 11 is 0. The lowest BCUT2D eigenvalue weighted by atomic mass is 10.1. The number of piperidine rings is 1. The molecule has 0 aromatic carbocycles. The lowest BCUT2D eigenvalue weighted by Gasteiger charge is -2.23. The van der Waals surface area contributed by atoms with Crippen LogP contribution >= 0.6 is 0 Å². The molecule has 2 fully saturated rings. The van der Waals surface area contributed by atoms with E-state index in [9.17, 15) is 4.79 Å². The summed E-state index contributed by atoms with van der Waals surface area (Å²) in [6, 6.07) is 0.738. The zero-order chi connectivity index (χ0) is 11.1. The fraction of sp³-hybridized carbons (Fsp3) is 0.909. The molecule has 4 nitrogen and oxygen atoms in total. The summed E-state index contributed by atoms with van der Waals surface area (Å²) in [5.41, 5.74) is -0.408. The van der Waals surface area contributed by atoms with E-state index in [1.54, 1.807) is 0 Å². The Labute approximate surface area is 90.8 Å². The molecule has 0 spiro atoms. The van der Waals surface area contributed by atoms with Gasteiger partial charge in [0.05, 0.1) is 6.04 Å². The van der Waals surface area contributed by atoms with E-state index in [2.05, 4.69) is 10.6 Å². The number of rotatable bonds is 1. The van der Waals surface area contributed by atoms with Crippen molar-refractivity contribution < 1.29 is 9.53 Å². The Morgan fingerprint density at radius 1 is 1.40 bits per heavy atom. The van der Waals surface area contributed by atoms with Crippen LogP contribution < -0.4 is 10.6 Å². The second-order valence-electron chi connectivity index (χ2n) is 5.52. The third-order valence-electron chi connectivity index (χ3n) is 3.12. The highest BCUT2D eigenvalue weighted by Gasteiger charge is 2.42. The quantitative estimate of drug-likeness (QED) is 0.688. The Morgan fingerprint density at radius 2 is 2.13 bits per heavy atom. The first-order valence-electron chi connectivity index (χ1n) is 5.68. The number of amides is 1. The molecule has 1 heterocycles. The molecular formula is C11H20N2O2. The zero-order valence-corrected chi connectivity index (χ0v) is 9.67. The van der Waals surface area contributed by atoms with E-state index in [0.29, 0.717) is 12.0 Å². The number of carbonyl (C=O) groups is 1. The van der Waals surface area contributed by atoms with Crippen LogP contribution in [0, 0.1) is 5.92 Å². The maximum atomic E-state index is 11.6. The highest BCUT2D eigenvalue weighted by Crippen LogP contribution is 2.31. The van der Waals surface area contributed by atoms with Gasteiger partial charge in [-0.15, -0.1) is 0 Å². The monoisotopic (exact) mass is 212 g/mol. The predicted octanol–water partition coefficient (Wildman–Crippen LogP) is 1.26. The number of alkyl carbamates (subject to hydrolysis) is 1. The molecule has 0 aromatic rings. The van der Waals surface area contributed by atoms with Gasteiger partial charge in [-0.3, -0.25) is 0 Å². The molecule has 1 amide bonds. The van der Waals surface area contributed by atoms with Crippen LogP contribution in [-0.4, -0.2) is 30.3 Å². The molecule has 4 heteroatoms. The predicted molar refractivity (Wildman–Crippen MR) is 57.7 cm³/mol. The van der Waals surface area contributed by atoms with Crippen LogP contribution in [0.15, 0.2) is 0 Å². The molecule has 2 bridgehead atoms. The molecule has 1 saturated heterocycles. The van der Waals surface area contributed by atoms with Crippen molar-refractivity contribution in [1.82, 2.24) is 10.6 Å². The van der Waals surface area contributed by atoms with E-state index in [1.807, 2.05) is 20.8 Å². The first kappa shape index (κ1) is 10.7. The van der Waals surface area contributed by atoms with Gasteiger partial charge in [0.1, 0.15) is 5.60 Å². The molecule has 1 aliphatic carbocycles. The minimum Gasteiger partial charge on any atom is -0.444 e. The minimum atomic E-state index is -0.408. The largest absolute Gasteiger partial charge is 0.444 e. The smallest absolute Gasteiger partial charge is 0.407 e. The van der Waals surface area contributed by atoms with Crippen LogP contribution in [0.3, 0.4) is 0 Å². The highest BCUT2D eigenvalue weighted by molar-refractivity contribution is 5.68. The summed E-state index contributed by atoms with van der Waals surface area (Å²) in [5, 5.41) is 6.38. The number of ether oxygens (including phenoxy) is 1. The Balaban J connectivity index is 1.85. The minimum absolute atomic E-state index is 0.278. The zero-order valence-electron chi connectivity index (χ0n) is 9.67. The Kier molecular flexibility index (Phi) is 2.63. The summed E-state index contributed by atoms with van der Waals surface area (Å²) < 4.78 is 5.25. The summed E-state index contributed by atoms with van der Waals surface area (Å²) in [6.45, 7) is 6.68. The molecule has 2 N–H and O–H groups in total. The molecule has 1 aliphatic heterocycles. The molecule has 2 aliphatic rings. The van der Waals surface area contributed by atoms with E-state index < -0.39 is 5.60 Å². The third kappa shape index (κ3) is 2.43. The van der Waals surface area contributed by atoms with Gasteiger partial charge in [-0.05, 0) is 39.5 Å². The molecule has 1 saturated carbocycles. The van der Waals surface area contributed by atoms with Crippen LogP contribution in [0.1, 0.15) is 33.6 Å². The molecule has 3 atom stereocenters. The number of hydrogen-bond acceptors (Lipinski definition) is 3. The van der Waals surface area contributed by atoms with Crippen LogP contribution in [0.5, 0.6) is 0 Å². The van der Waals surface area contributed by atoms with Crippen molar-refractivity contribution in [2.24, 2.45) is 5.92 Å². The summed E-state index contributed by atoms with van der Waals surface area (Å²) in [4.78, 5) is 11.6. The SMILES string of the molecule is CC(C)(C)OC(=O)NC1C2CCC1NC2. The first-order chi connectivity index (χ1) is 6.96. The van der Waals surface area contributed by atoms with Crippen molar-refractivity contribution >= 4 is 6.09 Å². The van der Waals surface area contributed by atoms with Crippen LogP contribution in [0.4, 0.5) is 4.79 Å². The van der Waals surface area contributed by atoms with Gasteiger partial charge in [-0.25, -0.2) is 4.79 Å². The molecule has 2 rings (SSSR count). The van der Waals surface area contributed by atoms with Gasteiger partial charge < -0.3 is 15.4 Å². The van der Waals surface area contributed by atoms with Crippen molar-refractivity contribution in [3.63, 3.8) is 0 Å². The van der Waals surface area contributed by atoms with E-state index in [4.69, 9.17) is 4.74 Å². The molecule has 86 valence electrons. The number of fused-ring (bicyclic) bond motifs is 2. The Morgan fingerprint density at radius 3 is 2.53 bits per heavy atom.